The molecule has 28 heavy (non-hydrogen) atoms. The third kappa shape index (κ3) is 2.93. The lowest BCUT2D eigenvalue weighted by molar-refractivity contribution is -0.117. The van der Waals surface area contributed by atoms with Gasteiger partial charge in [-0.2, -0.15) is 0 Å². The summed E-state index contributed by atoms with van der Waals surface area (Å²) in [6.07, 6.45) is 5.49. The number of rotatable bonds is 4. The Morgan fingerprint density at radius 1 is 1.04 bits per heavy atom. The van der Waals surface area contributed by atoms with Gasteiger partial charge in [-0.15, -0.1) is 0 Å². The second-order valence-electron chi connectivity index (χ2n) is 7.79. The van der Waals surface area contributed by atoms with Crippen molar-refractivity contribution in [3.8, 4) is 11.5 Å². The van der Waals surface area contributed by atoms with Crippen molar-refractivity contribution >= 4 is 11.6 Å². The van der Waals surface area contributed by atoms with Crippen molar-refractivity contribution in [2.75, 3.05) is 13.7 Å². The molecule has 1 heterocycles. The molecule has 1 N–H and O–H groups in total. The molecule has 0 bridgehead atoms. The van der Waals surface area contributed by atoms with E-state index in [4.69, 9.17) is 4.74 Å². The Labute approximate surface area is 165 Å². The van der Waals surface area contributed by atoms with E-state index in [1.807, 2.05) is 6.07 Å². The molecule has 0 unspecified atom stereocenters. The molecule has 0 spiro atoms. The van der Waals surface area contributed by atoms with Crippen molar-refractivity contribution in [2.45, 2.75) is 57.8 Å². The van der Waals surface area contributed by atoms with Crippen molar-refractivity contribution in [3.63, 3.8) is 0 Å². The lowest BCUT2D eigenvalue weighted by Crippen LogP contribution is -2.39. The molecule has 1 aromatic carbocycles. The average Bonchev–Trinajstić information content (AvgIpc) is 2.69. The molecule has 3 aliphatic rings. The van der Waals surface area contributed by atoms with Crippen LogP contribution in [0.5, 0.6) is 11.5 Å². The minimum atomic E-state index is -0.354. The van der Waals surface area contributed by atoms with E-state index >= 15 is 0 Å². The van der Waals surface area contributed by atoms with Crippen molar-refractivity contribution in [1.82, 2.24) is 4.90 Å². The summed E-state index contributed by atoms with van der Waals surface area (Å²) < 4.78 is 5.30. The van der Waals surface area contributed by atoms with Crippen LogP contribution >= 0.6 is 0 Å². The number of hydrogen-bond acceptors (Lipinski definition) is 5. The monoisotopic (exact) mass is 381 g/mol. The molecule has 2 aliphatic carbocycles. The average molecular weight is 381 g/mol. The second-order valence-corrected chi connectivity index (χ2v) is 7.79. The molecule has 148 valence electrons. The van der Waals surface area contributed by atoms with Crippen molar-refractivity contribution < 1.29 is 19.4 Å². The topological polar surface area (TPSA) is 66.8 Å². The molecule has 0 amide bonds. The first-order valence-electron chi connectivity index (χ1n) is 10.2. The Balaban J connectivity index is 1.95. The number of hydrogen-bond donors (Lipinski definition) is 1. The summed E-state index contributed by atoms with van der Waals surface area (Å²) in [4.78, 5) is 28.4. The highest BCUT2D eigenvalue weighted by atomic mass is 16.5. The highest BCUT2D eigenvalue weighted by Crippen LogP contribution is 2.49. The van der Waals surface area contributed by atoms with E-state index in [-0.39, 0.29) is 23.2 Å². The molecule has 5 heteroatoms. The van der Waals surface area contributed by atoms with Gasteiger partial charge in [0.05, 0.1) is 7.11 Å². The zero-order valence-electron chi connectivity index (χ0n) is 16.6. The Morgan fingerprint density at radius 2 is 1.64 bits per heavy atom. The predicted molar refractivity (Wildman–Crippen MR) is 106 cm³/mol. The standard InChI is InChI=1S/C23H27NO4/c1-3-12-24-15-6-4-8-18(26)22(15)21(23-16(24)7-5-9-19(23)27)14-10-11-17(25)20(13-14)28-2/h10-11,13,21,25H,3-9,12H2,1-2H3. The molecule has 0 saturated carbocycles. The summed E-state index contributed by atoms with van der Waals surface area (Å²) in [6.45, 7) is 2.97. The van der Waals surface area contributed by atoms with E-state index in [0.717, 1.165) is 66.8 Å². The van der Waals surface area contributed by atoms with E-state index in [2.05, 4.69) is 11.8 Å². The number of allylic oxidation sites excluding steroid dienone is 4. The van der Waals surface area contributed by atoms with Gasteiger partial charge in [0.25, 0.3) is 0 Å². The first kappa shape index (κ1) is 18.8. The summed E-state index contributed by atoms with van der Waals surface area (Å²) in [5.74, 6) is 0.356. The van der Waals surface area contributed by atoms with Gasteiger partial charge in [-0.25, -0.2) is 0 Å². The number of phenolic OH excluding ortho intramolecular Hbond substituents is 1. The third-order valence-corrected chi connectivity index (χ3v) is 6.07. The minimum Gasteiger partial charge on any atom is -0.504 e. The summed E-state index contributed by atoms with van der Waals surface area (Å²) >= 11 is 0. The summed E-state index contributed by atoms with van der Waals surface area (Å²) in [5.41, 5.74) is 4.60. The molecule has 0 saturated heterocycles. The van der Waals surface area contributed by atoms with Crippen LogP contribution in [0, 0.1) is 0 Å². The maximum atomic E-state index is 13.1. The van der Waals surface area contributed by atoms with Gasteiger partial charge >= 0.3 is 0 Å². The zero-order valence-corrected chi connectivity index (χ0v) is 16.6. The van der Waals surface area contributed by atoms with E-state index in [1.165, 1.54) is 7.11 Å². The van der Waals surface area contributed by atoms with Gasteiger partial charge in [0.1, 0.15) is 0 Å². The van der Waals surface area contributed by atoms with Gasteiger partial charge in [0, 0.05) is 47.8 Å². The Hall–Kier alpha value is -2.56. The lowest BCUT2D eigenvalue weighted by Gasteiger charge is -2.44. The maximum Gasteiger partial charge on any atom is 0.161 e. The number of ether oxygens (including phenoxy) is 1. The number of carbonyl (C=O) groups is 2. The highest BCUT2D eigenvalue weighted by Gasteiger charge is 2.43. The van der Waals surface area contributed by atoms with Gasteiger partial charge in [0.2, 0.25) is 0 Å². The zero-order chi connectivity index (χ0) is 19.8. The van der Waals surface area contributed by atoms with Crippen LogP contribution in [0.3, 0.4) is 0 Å². The van der Waals surface area contributed by atoms with E-state index in [1.54, 1.807) is 12.1 Å². The van der Waals surface area contributed by atoms with Crippen molar-refractivity contribution in [1.29, 1.82) is 0 Å². The lowest BCUT2D eigenvalue weighted by atomic mass is 9.71. The molecule has 1 aliphatic heterocycles. The molecule has 4 rings (SSSR count). The Bertz CT molecular complexity index is 852. The first-order valence-corrected chi connectivity index (χ1v) is 10.2. The quantitative estimate of drug-likeness (QED) is 0.846. The fraction of sp³-hybridized carbons (Fsp3) is 0.478. The van der Waals surface area contributed by atoms with Crippen LogP contribution in [-0.4, -0.2) is 35.2 Å². The van der Waals surface area contributed by atoms with Gasteiger partial charge in [-0.05, 0) is 49.8 Å². The largest absolute Gasteiger partial charge is 0.504 e. The van der Waals surface area contributed by atoms with Gasteiger partial charge in [-0.3, -0.25) is 9.59 Å². The molecule has 0 fully saturated rings. The van der Waals surface area contributed by atoms with Crippen LogP contribution in [-0.2, 0) is 9.59 Å². The Kier molecular flexibility index (Phi) is 5.00. The number of aromatic hydroxyl groups is 1. The smallest absolute Gasteiger partial charge is 0.161 e. The summed E-state index contributed by atoms with van der Waals surface area (Å²) in [7, 11) is 1.51. The van der Waals surface area contributed by atoms with Crippen molar-refractivity contribution in [3.05, 3.63) is 46.3 Å². The van der Waals surface area contributed by atoms with Crippen LogP contribution in [0.25, 0.3) is 0 Å². The third-order valence-electron chi connectivity index (χ3n) is 6.07. The second kappa shape index (κ2) is 7.46. The fourth-order valence-corrected chi connectivity index (χ4v) is 4.92. The van der Waals surface area contributed by atoms with Crippen LogP contribution in [0.1, 0.15) is 63.4 Å². The number of phenols is 1. The van der Waals surface area contributed by atoms with Crippen molar-refractivity contribution in [2.24, 2.45) is 0 Å². The normalized spacial score (nSPS) is 20.4. The predicted octanol–water partition coefficient (Wildman–Crippen LogP) is 4.22. The minimum absolute atomic E-state index is 0.0583. The number of methoxy groups -OCH3 is 1. The first-order chi connectivity index (χ1) is 13.6. The van der Waals surface area contributed by atoms with Gasteiger partial charge < -0.3 is 14.7 Å². The number of carbonyl (C=O) groups excluding carboxylic acids is 2. The number of nitrogens with zero attached hydrogens (tertiary/aromatic N) is 1. The van der Waals surface area contributed by atoms with E-state index < -0.39 is 0 Å². The number of Topliss-reactive ketones (excluding diaryl/α,β-unsaturated/α-hetero) is 2. The summed E-state index contributed by atoms with van der Waals surface area (Å²) in [6, 6.07) is 5.18. The number of benzene rings is 1. The fourth-order valence-electron chi connectivity index (χ4n) is 4.92. The molecular formula is C23H27NO4. The highest BCUT2D eigenvalue weighted by molar-refractivity contribution is 6.06. The van der Waals surface area contributed by atoms with E-state index in [9.17, 15) is 14.7 Å². The SMILES string of the molecule is CCCN1C2=C(C(=O)CCC2)C(c2ccc(O)c(OC)c2)C2=C1CCCC2=O. The summed E-state index contributed by atoms with van der Waals surface area (Å²) in [5, 5.41) is 10.0. The molecular weight excluding hydrogens is 354 g/mol. The van der Waals surface area contributed by atoms with E-state index in [0.29, 0.717) is 18.6 Å². The van der Waals surface area contributed by atoms with Crippen LogP contribution in [0.2, 0.25) is 0 Å². The number of ketones is 2. The molecule has 5 nitrogen and oxygen atoms in total. The Morgan fingerprint density at radius 3 is 2.18 bits per heavy atom. The van der Waals surface area contributed by atoms with Gasteiger partial charge in [0.15, 0.2) is 23.1 Å². The molecule has 0 radical (unpaired) electrons. The van der Waals surface area contributed by atoms with Crippen LogP contribution in [0.15, 0.2) is 40.7 Å². The van der Waals surface area contributed by atoms with Crippen LogP contribution in [0.4, 0.5) is 0 Å². The molecule has 1 aromatic rings. The van der Waals surface area contributed by atoms with Crippen LogP contribution < -0.4 is 4.74 Å². The molecule has 0 atom stereocenters. The molecule has 0 aromatic heterocycles. The van der Waals surface area contributed by atoms with Gasteiger partial charge in [-0.1, -0.05) is 13.0 Å². The maximum absolute atomic E-state index is 13.1.